The molecule has 0 fully saturated rings. The van der Waals surface area contributed by atoms with Crippen LogP contribution < -0.4 is 5.73 Å². The van der Waals surface area contributed by atoms with Gasteiger partial charge in [-0.25, -0.2) is 0 Å². The molecule has 0 aliphatic carbocycles. The van der Waals surface area contributed by atoms with Gasteiger partial charge >= 0.3 is 0 Å². The Bertz CT molecular complexity index is 568. The highest BCUT2D eigenvalue weighted by Crippen LogP contribution is 2.19. The minimum atomic E-state index is -2.05. The van der Waals surface area contributed by atoms with Gasteiger partial charge in [-0.15, -0.1) is 0 Å². The van der Waals surface area contributed by atoms with Gasteiger partial charge in [0.2, 0.25) is 5.89 Å². The smallest absolute Gasteiger partial charge is 0.243 e. The van der Waals surface area contributed by atoms with Gasteiger partial charge in [0.05, 0.1) is 6.04 Å². The summed E-state index contributed by atoms with van der Waals surface area (Å²) in [5.74, 6) is 1.20. The van der Waals surface area contributed by atoms with Crippen molar-refractivity contribution in [2.24, 2.45) is 11.7 Å². The van der Waals surface area contributed by atoms with Gasteiger partial charge in [0, 0.05) is 12.2 Å². The summed E-state index contributed by atoms with van der Waals surface area (Å²) in [5.41, 5.74) is 6.07. The normalized spacial score (nSPS) is 14.6. The number of aromatic nitrogens is 2. The molecular formula is C24H46N3O3S-. The molecule has 0 aliphatic heterocycles. The summed E-state index contributed by atoms with van der Waals surface area (Å²) in [6, 6.07) is -0.402. The fraction of sp³-hybridized carbons (Fsp3) is 0.917. The molecule has 31 heavy (non-hydrogen) atoms. The first-order valence-corrected chi connectivity index (χ1v) is 13.9. The zero-order valence-electron chi connectivity index (χ0n) is 20.0. The molecule has 1 aromatic rings. The quantitative estimate of drug-likeness (QED) is 0.170. The van der Waals surface area contributed by atoms with Crippen LogP contribution in [0.25, 0.3) is 0 Å². The Morgan fingerprint density at radius 3 is 1.87 bits per heavy atom. The lowest BCUT2D eigenvalue weighted by atomic mass is 10.0. The van der Waals surface area contributed by atoms with E-state index in [9.17, 15) is 8.76 Å². The van der Waals surface area contributed by atoms with E-state index in [0.29, 0.717) is 18.1 Å². The van der Waals surface area contributed by atoms with Crippen LogP contribution in [0.15, 0.2) is 4.52 Å². The van der Waals surface area contributed by atoms with Crippen molar-refractivity contribution < 1.29 is 13.3 Å². The van der Waals surface area contributed by atoms with Crippen molar-refractivity contribution in [1.82, 2.24) is 10.1 Å². The first kappa shape index (κ1) is 28.2. The van der Waals surface area contributed by atoms with Crippen molar-refractivity contribution in [3.05, 3.63) is 11.7 Å². The van der Waals surface area contributed by atoms with Gasteiger partial charge < -0.3 is 14.8 Å². The van der Waals surface area contributed by atoms with Crippen molar-refractivity contribution in [2.45, 2.75) is 129 Å². The highest BCUT2D eigenvalue weighted by molar-refractivity contribution is 7.79. The third-order valence-corrected chi connectivity index (χ3v) is 6.72. The van der Waals surface area contributed by atoms with E-state index in [1.807, 2.05) is 6.92 Å². The maximum Gasteiger partial charge on any atom is 0.243 e. The average Bonchev–Trinajstić information content (AvgIpc) is 3.19. The molecule has 6 nitrogen and oxygen atoms in total. The average molecular weight is 457 g/mol. The summed E-state index contributed by atoms with van der Waals surface area (Å²) < 4.78 is 26.8. The van der Waals surface area contributed by atoms with E-state index >= 15 is 0 Å². The van der Waals surface area contributed by atoms with Gasteiger partial charge in [-0.1, -0.05) is 120 Å². The van der Waals surface area contributed by atoms with E-state index in [-0.39, 0.29) is 11.7 Å². The number of hydrogen-bond donors (Lipinski definition) is 1. The Hall–Kier alpha value is -0.790. The van der Waals surface area contributed by atoms with Crippen LogP contribution in [0.2, 0.25) is 0 Å². The van der Waals surface area contributed by atoms with Gasteiger partial charge in [0.25, 0.3) is 0 Å². The van der Waals surface area contributed by atoms with E-state index in [2.05, 4.69) is 17.1 Å². The molecule has 1 rings (SSSR count). The lowest BCUT2D eigenvalue weighted by Crippen LogP contribution is -2.18. The summed E-state index contributed by atoms with van der Waals surface area (Å²) in [5, 5.41) is 4.02. The molecule has 1 aromatic heterocycles. The molecule has 0 spiro atoms. The van der Waals surface area contributed by atoms with E-state index in [0.717, 1.165) is 12.8 Å². The lowest BCUT2D eigenvalue weighted by Gasteiger charge is -2.15. The van der Waals surface area contributed by atoms with Crippen LogP contribution in [0.1, 0.15) is 134 Å². The Kier molecular flexibility index (Phi) is 17.1. The number of unbranched alkanes of at least 4 members (excludes halogenated alkanes) is 14. The molecule has 0 saturated carbocycles. The molecule has 0 radical (unpaired) electrons. The van der Waals surface area contributed by atoms with Crippen molar-refractivity contribution in [3.63, 3.8) is 0 Å². The Morgan fingerprint density at radius 1 is 0.903 bits per heavy atom. The minimum Gasteiger partial charge on any atom is -0.772 e. The lowest BCUT2D eigenvalue weighted by molar-refractivity contribution is 0.332. The number of rotatable bonds is 21. The summed E-state index contributed by atoms with van der Waals surface area (Å²) >= 11 is -2.05. The largest absolute Gasteiger partial charge is 0.772 e. The molecule has 1 heterocycles. The van der Waals surface area contributed by atoms with E-state index in [1.165, 1.54) is 89.9 Å². The predicted molar refractivity (Wildman–Crippen MR) is 127 cm³/mol. The van der Waals surface area contributed by atoms with Gasteiger partial charge in [0.15, 0.2) is 5.82 Å². The summed E-state index contributed by atoms with van der Waals surface area (Å²) in [6.07, 6.45) is 21.6. The molecule has 0 aliphatic rings. The van der Waals surface area contributed by atoms with Crippen molar-refractivity contribution >= 4 is 11.1 Å². The first-order valence-electron chi connectivity index (χ1n) is 12.7. The molecule has 0 aromatic carbocycles. The summed E-state index contributed by atoms with van der Waals surface area (Å²) in [6.45, 7) is 4.14. The number of nitrogens with two attached hydrogens (primary N) is 1. The van der Waals surface area contributed by atoms with E-state index in [4.69, 9.17) is 10.3 Å². The van der Waals surface area contributed by atoms with Crippen molar-refractivity contribution in [1.29, 1.82) is 0 Å². The molecule has 3 unspecified atom stereocenters. The Labute approximate surface area is 192 Å². The van der Waals surface area contributed by atoms with Crippen molar-refractivity contribution in [2.75, 3.05) is 5.75 Å². The maximum absolute atomic E-state index is 10.8. The molecule has 0 bridgehead atoms. The van der Waals surface area contributed by atoms with Crippen LogP contribution in [0.5, 0.6) is 0 Å². The second-order valence-corrected chi connectivity index (χ2v) is 10.1. The topological polar surface area (TPSA) is 105 Å². The van der Waals surface area contributed by atoms with E-state index in [1.54, 1.807) is 0 Å². The van der Waals surface area contributed by atoms with E-state index < -0.39 is 17.1 Å². The summed E-state index contributed by atoms with van der Waals surface area (Å²) in [4.78, 5) is 4.39. The van der Waals surface area contributed by atoms with Gasteiger partial charge in [-0.2, -0.15) is 4.98 Å². The van der Waals surface area contributed by atoms with Crippen LogP contribution in [0, 0.1) is 5.92 Å². The predicted octanol–water partition coefficient (Wildman–Crippen LogP) is 6.39. The molecule has 2 N–H and O–H groups in total. The van der Waals surface area contributed by atoms with Crippen LogP contribution in [-0.4, -0.2) is 24.7 Å². The van der Waals surface area contributed by atoms with Crippen LogP contribution in [-0.2, 0) is 17.5 Å². The second kappa shape index (κ2) is 18.8. The van der Waals surface area contributed by atoms with Gasteiger partial charge in [-0.3, -0.25) is 4.21 Å². The Balaban J connectivity index is 1.95. The molecule has 3 atom stereocenters. The fourth-order valence-electron chi connectivity index (χ4n) is 4.01. The molecule has 0 saturated heterocycles. The molecule has 182 valence electrons. The number of hydrogen-bond acceptors (Lipinski definition) is 6. The SMILES string of the molecule is CCCCCCCCCCCCCCCCCc1noc(C(N)CC(C)CS(=O)[O-])n1. The first-order chi connectivity index (χ1) is 15.0. The molecule has 0 amide bonds. The monoisotopic (exact) mass is 456 g/mol. The third-order valence-electron chi connectivity index (χ3n) is 5.88. The fourth-order valence-corrected chi connectivity index (χ4v) is 4.61. The summed E-state index contributed by atoms with van der Waals surface area (Å²) in [7, 11) is 0. The van der Waals surface area contributed by atoms with Gasteiger partial charge in [0.1, 0.15) is 0 Å². The van der Waals surface area contributed by atoms with Gasteiger partial charge in [-0.05, 0) is 18.8 Å². The van der Waals surface area contributed by atoms with Crippen LogP contribution in [0.3, 0.4) is 0 Å². The molecular weight excluding hydrogens is 410 g/mol. The Morgan fingerprint density at radius 2 is 1.39 bits per heavy atom. The van der Waals surface area contributed by atoms with Crippen molar-refractivity contribution in [3.8, 4) is 0 Å². The maximum atomic E-state index is 10.8. The number of nitrogens with zero attached hydrogens (tertiary/aromatic N) is 2. The second-order valence-electron chi connectivity index (χ2n) is 9.17. The van der Waals surface area contributed by atoms with Crippen LogP contribution in [0.4, 0.5) is 0 Å². The standard InChI is InChI=1S/C24H47N3O3S/c1-3-4-5-6-7-8-9-10-11-12-13-14-15-16-17-18-23-26-24(30-27-23)22(25)19-21(2)20-31(28)29/h21-22H,3-20,25H2,1-2H3,(H,28,29)/p-1. The minimum absolute atomic E-state index is 0.0285. The highest BCUT2D eigenvalue weighted by Gasteiger charge is 2.17. The van der Waals surface area contributed by atoms with Crippen LogP contribution >= 0.6 is 0 Å². The highest BCUT2D eigenvalue weighted by atomic mass is 32.2. The zero-order chi connectivity index (χ0) is 22.7. The zero-order valence-corrected chi connectivity index (χ0v) is 20.8. The molecule has 7 heteroatoms. The third kappa shape index (κ3) is 15.6. The number of aryl methyl sites for hydroxylation is 1.